The zero-order chi connectivity index (χ0) is 16.9. The van der Waals surface area contributed by atoms with Crippen molar-refractivity contribution in [2.24, 2.45) is 4.99 Å². The summed E-state index contributed by atoms with van der Waals surface area (Å²) in [4.78, 5) is 11.7. The van der Waals surface area contributed by atoms with Gasteiger partial charge in [0.25, 0.3) is 0 Å². The summed E-state index contributed by atoms with van der Waals surface area (Å²) in [6, 6.07) is 4.64. The molecule has 3 heterocycles. The number of aromatic nitrogens is 1. The van der Waals surface area contributed by atoms with E-state index in [1.807, 2.05) is 0 Å². The van der Waals surface area contributed by atoms with Crippen LogP contribution in [0.15, 0.2) is 28.7 Å². The first-order valence-corrected chi connectivity index (χ1v) is 9.24. The summed E-state index contributed by atoms with van der Waals surface area (Å²) < 4.78 is 0. The van der Waals surface area contributed by atoms with Crippen molar-refractivity contribution in [1.82, 2.24) is 4.98 Å². The third-order valence-corrected chi connectivity index (χ3v) is 5.65. The first-order valence-electron chi connectivity index (χ1n) is 8.36. The molecule has 1 aliphatic rings. The van der Waals surface area contributed by atoms with E-state index >= 15 is 0 Å². The lowest BCUT2D eigenvalue weighted by molar-refractivity contribution is -0.917. The summed E-state index contributed by atoms with van der Waals surface area (Å²) in [5, 5.41) is 21.8. The van der Waals surface area contributed by atoms with E-state index < -0.39 is 0 Å². The Labute approximate surface area is 146 Å². The van der Waals surface area contributed by atoms with Crippen molar-refractivity contribution >= 4 is 17.6 Å². The molecule has 0 spiro atoms. The van der Waals surface area contributed by atoms with Gasteiger partial charge >= 0.3 is 0 Å². The fourth-order valence-electron chi connectivity index (χ4n) is 3.26. The molecule has 2 aromatic rings. The molecule has 0 radical (unpaired) electrons. The molecule has 0 amide bonds. The molecule has 3 N–H and O–H groups in total. The van der Waals surface area contributed by atoms with Gasteiger partial charge in [0.1, 0.15) is 11.8 Å². The zero-order valence-corrected chi connectivity index (χ0v) is 14.7. The van der Waals surface area contributed by atoms with E-state index in [0.29, 0.717) is 29.4 Å². The third kappa shape index (κ3) is 3.66. The minimum atomic E-state index is -0.159. The van der Waals surface area contributed by atoms with Crippen molar-refractivity contribution in [3.63, 3.8) is 0 Å². The summed E-state index contributed by atoms with van der Waals surface area (Å²) in [6.45, 7) is 4.66. The number of thiophene rings is 1. The maximum absolute atomic E-state index is 10.2. The number of aromatic hydroxyl groups is 1. The van der Waals surface area contributed by atoms with E-state index in [-0.39, 0.29) is 12.4 Å². The lowest BCUT2D eigenvalue weighted by Gasteiger charge is -2.22. The Balaban J connectivity index is 1.80. The highest BCUT2D eigenvalue weighted by atomic mass is 32.1. The number of aliphatic imine (C=N–C) groups is 1. The molecule has 6 heteroatoms. The molecule has 24 heavy (non-hydrogen) atoms. The molecule has 128 valence electrons. The van der Waals surface area contributed by atoms with E-state index in [1.165, 1.54) is 30.8 Å². The van der Waals surface area contributed by atoms with Gasteiger partial charge in [0, 0.05) is 36.4 Å². The van der Waals surface area contributed by atoms with Gasteiger partial charge in [-0.25, -0.2) is 0 Å². The van der Waals surface area contributed by atoms with Crippen LogP contribution in [0.4, 0.5) is 0 Å². The number of nitrogens with one attached hydrogen (secondary N) is 1. The number of aliphatic hydroxyl groups excluding tert-OH is 1. The predicted molar refractivity (Wildman–Crippen MR) is 96.0 cm³/mol. The standard InChI is InChI=1S/C18H23N3O2S/c1-13-18(23)15(14(12-22)9-20-13)10-19-11-16(17-5-4-8-24-17)21-6-2-3-7-21/h4-5,8-10,16,22-23H,2-3,6-7,11-12H2,1H3/p+1/t16-/m0/s1. The van der Waals surface area contributed by atoms with Crippen molar-refractivity contribution in [3.05, 3.63) is 45.4 Å². The molecule has 0 aromatic carbocycles. The maximum Gasteiger partial charge on any atom is 0.145 e. The average Bonchev–Trinajstić information content (AvgIpc) is 3.29. The third-order valence-electron chi connectivity index (χ3n) is 4.66. The molecule has 0 saturated carbocycles. The summed E-state index contributed by atoms with van der Waals surface area (Å²) >= 11 is 1.78. The number of hydrogen-bond donors (Lipinski definition) is 3. The molecule has 0 bridgehead atoms. The van der Waals surface area contributed by atoms with Gasteiger partial charge in [0.2, 0.25) is 0 Å². The second-order valence-corrected chi connectivity index (χ2v) is 7.20. The molecule has 1 atom stereocenters. The molecule has 1 saturated heterocycles. The van der Waals surface area contributed by atoms with E-state index in [9.17, 15) is 10.2 Å². The largest absolute Gasteiger partial charge is 0.505 e. The lowest BCUT2D eigenvalue weighted by Crippen LogP contribution is -3.10. The van der Waals surface area contributed by atoms with E-state index in [2.05, 4.69) is 27.5 Å². The Hall–Kier alpha value is -1.76. The molecular weight excluding hydrogens is 322 g/mol. The fraction of sp³-hybridized carbons (Fsp3) is 0.444. The Morgan fingerprint density at radius 2 is 2.21 bits per heavy atom. The Morgan fingerprint density at radius 1 is 1.42 bits per heavy atom. The van der Waals surface area contributed by atoms with Crippen LogP contribution in [0.25, 0.3) is 0 Å². The van der Waals surface area contributed by atoms with E-state index in [0.717, 1.165) is 0 Å². The number of likely N-dealkylation sites (tertiary alicyclic amines) is 1. The fourth-order valence-corrected chi connectivity index (χ4v) is 4.14. The highest BCUT2D eigenvalue weighted by Gasteiger charge is 2.27. The van der Waals surface area contributed by atoms with Gasteiger partial charge in [-0.05, 0) is 18.4 Å². The van der Waals surface area contributed by atoms with Gasteiger partial charge in [0.05, 0.1) is 36.8 Å². The lowest BCUT2D eigenvalue weighted by atomic mass is 10.1. The highest BCUT2D eigenvalue weighted by molar-refractivity contribution is 7.10. The van der Waals surface area contributed by atoms with Crippen LogP contribution < -0.4 is 4.90 Å². The summed E-state index contributed by atoms with van der Waals surface area (Å²) in [5.74, 6) is 0.103. The molecule has 1 aliphatic heterocycles. The molecule has 2 aromatic heterocycles. The maximum atomic E-state index is 10.2. The van der Waals surface area contributed by atoms with Crippen LogP contribution in [-0.4, -0.2) is 41.0 Å². The van der Waals surface area contributed by atoms with Crippen LogP contribution in [0, 0.1) is 6.92 Å². The van der Waals surface area contributed by atoms with Crippen molar-refractivity contribution in [1.29, 1.82) is 0 Å². The van der Waals surface area contributed by atoms with Crippen molar-refractivity contribution in [2.45, 2.75) is 32.4 Å². The number of hydrogen-bond acceptors (Lipinski definition) is 5. The smallest absolute Gasteiger partial charge is 0.145 e. The first kappa shape index (κ1) is 17.1. The monoisotopic (exact) mass is 346 g/mol. The minimum Gasteiger partial charge on any atom is -0.505 e. The van der Waals surface area contributed by atoms with Crippen molar-refractivity contribution < 1.29 is 15.1 Å². The summed E-state index contributed by atoms with van der Waals surface area (Å²) in [5.41, 5.74) is 1.73. The van der Waals surface area contributed by atoms with Crippen LogP contribution in [0.3, 0.4) is 0 Å². The molecule has 1 fully saturated rings. The molecular formula is C18H24N3O2S+. The Morgan fingerprint density at radius 3 is 2.88 bits per heavy atom. The first-order chi connectivity index (χ1) is 11.7. The van der Waals surface area contributed by atoms with Gasteiger partial charge < -0.3 is 15.1 Å². The average molecular weight is 346 g/mol. The molecule has 5 nitrogen and oxygen atoms in total. The normalized spacial score (nSPS) is 16.9. The van der Waals surface area contributed by atoms with Gasteiger partial charge in [-0.2, -0.15) is 0 Å². The van der Waals surface area contributed by atoms with E-state index in [4.69, 9.17) is 0 Å². The number of pyridine rings is 1. The van der Waals surface area contributed by atoms with Crippen LogP contribution in [-0.2, 0) is 6.61 Å². The number of rotatable bonds is 6. The second kappa shape index (κ2) is 7.88. The Bertz CT molecular complexity index is 695. The topological polar surface area (TPSA) is 70.2 Å². The SMILES string of the molecule is Cc1ncc(CO)c(C=NC[C@@H](c2cccs2)[NH+]2CCCC2)c1O. The van der Waals surface area contributed by atoms with Gasteiger partial charge in [0.15, 0.2) is 0 Å². The van der Waals surface area contributed by atoms with Gasteiger partial charge in [-0.15, -0.1) is 11.3 Å². The van der Waals surface area contributed by atoms with Crippen LogP contribution >= 0.6 is 11.3 Å². The van der Waals surface area contributed by atoms with Crippen LogP contribution in [0.2, 0.25) is 0 Å². The van der Waals surface area contributed by atoms with Crippen LogP contribution in [0.5, 0.6) is 5.75 Å². The van der Waals surface area contributed by atoms with Crippen LogP contribution in [0.1, 0.15) is 40.6 Å². The number of quaternary nitrogens is 1. The van der Waals surface area contributed by atoms with Gasteiger partial charge in [-0.3, -0.25) is 9.98 Å². The Kier molecular flexibility index (Phi) is 5.60. The second-order valence-electron chi connectivity index (χ2n) is 6.22. The highest BCUT2D eigenvalue weighted by Crippen LogP contribution is 2.22. The minimum absolute atomic E-state index is 0.103. The van der Waals surface area contributed by atoms with Crippen molar-refractivity contribution in [3.8, 4) is 5.75 Å². The number of aryl methyl sites for hydroxylation is 1. The number of aliphatic hydroxyl groups is 1. The van der Waals surface area contributed by atoms with Crippen molar-refractivity contribution in [2.75, 3.05) is 19.6 Å². The summed E-state index contributed by atoms with van der Waals surface area (Å²) in [7, 11) is 0. The summed E-state index contributed by atoms with van der Waals surface area (Å²) in [6.07, 6.45) is 5.84. The predicted octanol–water partition coefficient (Wildman–Crippen LogP) is 1.49. The molecule has 3 rings (SSSR count). The quantitative estimate of drug-likeness (QED) is 0.694. The zero-order valence-electron chi connectivity index (χ0n) is 13.9. The van der Waals surface area contributed by atoms with E-state index in [1.54, 1.807) is 35.6 Å². The molecule has 0 unspecified atom stereocenters. The molecule has 0 aliphatic carbocycles. The number of nitrogens with zero attached hydrogens (tertiary/aromatic N) is 2. The van der Waals surface area contributed by atoms with Gasteiger partial charge in [-0.1, -0.05) is 6.07 Å².